The van der Waals surface area contributed by atoms with Crippen LogP contribution in [0.25, 0.3) is 0 Å². The van der Waals surface area contributed by atoms with Gasteiger partial charge in [-0.25, -0.2) is 9.37 Å². The van der Waals surface area contributed by atoms with Crippen molar-refractivity contribution in [2.75, 3.05) is 25.1 Å². The van der Waals surface area contributed by atoms with Gasteiger partial charge in [-0.3, -0.25) is 9.36 Å². The van der Waals surface area contributed by atoms with E-state index in [4.69, 9.17) is 4.74 Å². The maximum Gasteiger partial charge on any atom is 0.255 e. The Hall–Kier alpha value is -2.21. The predicted molar refractivity (Wildman–Crippen MR) is 86.2 cm³/mol. The summed E-state index contributed by atoms with van der Waals surface area (Å²) in [6.45, 7) is 2.37. The van der Waals surface area contributed by atoms with Crippen molar-refractivity contribution in [2.45, 2.75) is 26.0 Å². The van der Waals surface area contributed by atoms with Gasteiger partial charge in [0.25, 0.3) is 5.56 Å². The molecule has 5 nitrogen and oxygen atoms in total. The number of halogens is 1. The number of aromatic nitrogens is 2. The van der Waals surface area contributed by atoms with Gasteiger partial charge in [-0.15, -0.1) is 0 Å². The second kappa shape index (κ2) is 6.91. The largest absolute Gasteiger partial charge is 0.378 e. The van der Waals surface area contributed by atoms with Crippen molar-refractivity contribution >= 4 is 5.95 Å². The number of rotatable bonds is 5. The van der Waals surface area contributed by atoms with Crippen molar-refractivity contribution in [3.8, 4) is 0 Å². The molecule has 0 spiro atoms. The smallest absolute Gasteiger partial charge is 0.255 e. The van der Waals surface area contributed by atoms with Crippen LogP contribution in [0.5, 0.6) is 0 Å². The SMILES string of the molecule is COCc1cc(=O)n(Cc2cccc(F)c2)c(N2CCCC2)n1. The molecule has 0 aliphatic carbocycles. The standard InChI is InChI=1S/C17H20FN3O2/c1-23-12-15-10-16(22)21(11-13-5-4-6-14(18)9-13)17(19-15)20-7-2-3-8-20/h4-6,9-10H,2-3,7-8,11-12H2,1H3. The minimum absolute atomic E-state index is 0.141. The first-order valence-corrected chi connectivity index (χ1v) is 7.76. The van der Waals surface area contributed by atoms with Crippen LogP contribution in [-0.4, -0.2) is 29.8 Å². The van der Waals surface area contributed by atoms with Gasteiger partial charge in [-0.1, -0.05) is 12.1 Å². The Morgan fingerprint density at radius 1 is 1.26 bits per heavy atom. The molecule has 0 unspecified atom stereocenters. The Morgan fingerprint density at radius 3 is 2.74 bits per heavy atom. The first-order valence-electron chi connectivity index (χ1n) is 7.76. The van der Waals surface area contributed by atoms with Crippen molar-refractivity contribution in [2.24, 2.45) is 0 Å². The lowest BCUT2D eigenvalue weighted by molar-refractivity contribution is 0.181. The zero-order chi connectivity index (χ0) is 16.2. The van der Waals surface area contributed by atoms with E-state index in [0.717, 1.165) is 31.5 Å². The molecule has 3 rings (SSSR count). The summed E-state index contributed by atoms with van der Waals surface area (Å²) in [6.07, 6.45) is 2.18. The predicted octanol–water partition coefficient (Wildman–Crippen LogP) is 2.18. The topological polar surface area (TPSA) is 47.4 Å². The van der Waals surface area contributed by atoms with Crippen molar-refractivity contribution in [3.63, 3.8) is 0 Å². The van der Waals surface area contributed by atoms with Gasteiger partial charge in [0.2, 0.25) is 5.95 Å². The second-order valence-corrected chi connectivity index (χ2v) is 5.73. The van der Waals surface area contributed by atoms with Gasteiger partial charge in [-0.05, 0) is 30.5 Å². The molecule has 2 aromatic rings. The van der Waals surface area contributed by atoms with E-state index in [1.165, 1.54) is 18.2 Å². The lowest BCUT2D eigenvalue weighted by atomic mass is 10.2. The van der Waals surface area contributed by atoms with Gasteiger partial charge in [0, 0.05) is 26.3 Å². The highest BCUT2D eigenvalue weighted by Crippen LogP contribution is 2.18. The second-order valence-electron chi connectivity index (χ2n) is 5.73. The maximum absolute atomic E-state index is 13.4. The number of methoxy groups -OCH3 is 1. The molecule has 0 N–H and O–H groups in total. The molecular formula is C17H20FN3O2. The Kier molecular flexibility index (Phi) is 4.71. The quantitative estimate of drug-likeness (QED) is 0.848. The summed E-state index contributed by atoms with van der Waals surface area (Å²) in [5.74, 6) is 0.341. The fourth-order valence-electron chi connectivity index (χ4n) is 2.89. The molecule has 1 aromatic carbocycles. The summed E-state index contributed by atoms with van der Waals surface area (Å²) in [7, 11) is 1.58. The molecule has 0 amide bonds. The van der Waals surface area contributed by atoms with E-state index < -0.39 is 0 Å². The molecule has 1 aliphatic heterocycles. The maximum atomic E-state index is 13.4. The summed E-state index contributed by atoms with van der Waals surface area (Å²) in [4.78, 5) is 19.2. The molecule has 0 saturated carbocycles. The number of nitrogens with zero attached hydrogens (tertiary/aromatic N) is 3. The average molecular weight is 317 g/mol. The molecule has 2 heterocycles. The highest BCUT2D eigenvalue weighted by atomic mass is 19.1. The number of anilines is 1. The Bertz CT molecular complexity index is 739. The van der Waals surface area contributed by atoms with E-state index in [0.29, 0.717) is 24.8 Å². The number of hydrogen-bond acceptors (Lipinski definition) is 4. The molecule has 122 valence electrons. The van der Waals surface area contributed by atoms with Gasteiger partial charge in [0.15, 0.2) is 0 Å². The third-order valence-corrected chi connectivity index (χ3v) is 3.95. The van der Waals surface area contributed by atoms with E-state index in [9.17, 15) is 9.18 Å². The van der Waals surface area contributed by atoms with Gasteiger partial charge in [-0.2, -0.15) is 0 Å². The molecule has 1 aliphatic rings. The van der Waals surface area contributed by atoms with Crippen molar-refractivity contribution in [3.05, 3.63) is 57.8 Å². The van der Waals surface area contributed by atoms with Crippen LogP contribution >= 0.6 is 0 Å². The van der Waals surface area contributed by atoms with E-state index in [2.05, 4.69) is 9.88 Å². The molecule has 23 heavy (non-hydrogen) atoms. The van der Waals surface area contributed by atoms with E-state index in [-0.39, 0.29) is 11.4 Å². The summed E-state index contributed by atoms with van der Waals surface area (Å²) in [5, 5.41) is 0. The zero-order valence-corrected chi connectivity index (χ0v) is 13.2. The molecule has 0 atom stereocenters. The Morgan fingerprint density at radius 2 is 2.04 bits per heavy atom. The lowest BCUT2D eigenvalue weighted by Crippen LogP contribution is -2.32. The Balaban J connectivity index is 2.01. The van der Waals surface area contributed by atoms with Crippen LogP contribution in [0.3, 0.4) is 0 Å². The molecule has 0 bridgehead atoms. The summed E-state index contributed by atoms with van der Waals surface area (Å²) >= 11 is 0. The monoisotopic (exact) mass is 317 g/mol. The van der Waals surface area contributed by atoms with E-state index in [1.807, 2.05) is 6.07 Å². The van der Waals surface area contributed by atoms with Gasteiger partial charge in [0.1, 0.15) is 5.82 Å². The number of benzene rings is 1. The fraction of sp³-hybridized carbons (Fsp3) is 0.412. The zero-order valence-electron chi connectivity index (χ0n) is 13.2. The number of hydrogen-bond donors (Lipinski definition) is 0. The van der Waals surface area contributed by atoms with Crippen LogP contribution in [0.4, 0.5) is 10.3 Å². The molecule has 1 aromatic heterocycles. The molecule has 1 fully saturated rings. The van der Waals surface area contributed by atoms with Gasteiger partial charge >= 0.3 is 0 Å². The van der Waals surface area contributed by atoms with Crippen molar-refractivity contribution in [1.82, 2.24) is 9.55 Å². The first-order chi connectivity index (χ1) is 11.2. The fourth-order valence-corrected chi connectivity index (χ4v) is 2.89. The van der Waals surface area contributed by atoms with Crippen LogP contribution in [0.15, 0.2) is 35.1 Å². The lowest BCUT2D eigenvalue weighted by Gasteiger charge is -2.22. The molecular weight excluding hydrogens is 297 g/mol. The third-order valence-electron chi connectivity index (χ3n) is 3.95. The van der Waals surface area contributed by atoms with Crippen LogP contribution < -0.4 is 10.5 Å². The summed E-state index contributed by atoms with van der Waals surface area (Å²) in [6, 6.07) is 7.80. The highest BCUT2D eigenvalue weighted by Gasteiger charge is 2.19. The van der Waals surface area contributed by atoms with Gasteiger partial charge in [0.05, 0.1) is 18.8 Å². The third kappa shape index (κ3) is 3.59. The average Bonchev–Trinajstić information content (AvgIpc) is 3.04. The minimum Gasteiger partial charge on any atom is -0.378 e. The summed E-state index contributed by atoms with van der Waals surface area (Å²) < 4.78 is 20.1. The normalized spacial score (nSPS) is 14.4. The Labute approximate surface area is 134 Å². The van der Waals surface area contributed by atoms with Crippen LogP contribution in [0, 0.1) is 5.82 Å². The molecule has 6 heteroatoms. The van der Waals surface area contributed by atoms with E-state index >= 15 is 0 Å². The highest BCUT2D eigenvalue weighted by molar-refractivity contribution is 5.35. The first kappa shape index (κ1) is 15.7. The van der Waals surface area contributed by atoms with Crippen LogP contribution in [0.1, 0.15) is 24.1 Å². The van der Waals surface area contributed by atoms with Crippen LogP contribution in [0.2, 0.25) is 0 Å². The number of ether oxygens (including phenoxy) is 1. The minimum atomic E-state index is -0.303. The van der Waals surface area contributed by atoms with Crippen molar-refractivity contribution in [1.29, 1.82) is 0 Å². The van der Waals surface area contributed by atoms with E-state index in [1.54, 1.807) is 17.7 Å². The van der Waals surface area contributed by atoms with Crippen molar-refractivity contribution < 1.29 is 9.13 Å². The molecule has 1 saturated heterocycles. The van der Waals surface area contributed by atoms with Crippen LogP contribution in [-0.2, 0) is 17.9 Å². The molecule has 0 radical (unpaired) electrons. The summed E-state index contributed by atoms with van der Waals surface area (Å²) in [5.41, 5.74) is 1.22. The van der Waals surface area contributed by atoms with Gasteiger partial charge < -0.3 is 9.64 Å².